The summed E-state index contributed by atoms with van der Waals surface area (Å²) in [5, 5.41) is 13.9. The molecule has 3 heterocycles. The van der Waals surface area contributed by atoms with Crippen LogP contribution in [0.4, 0.5) is 5.69 Å². The molecule has 0 aliphatic carbocycles. The van der Waals surface area contributed by atoms with Gasteiger partial charge in [0.15, 0.2) is 0 Å². The molecule has 0 unspecified atom stereocenters. The van der Waals surface area contributed by atoms with Crippen LogP contribution in [0.5, 0.6) is 0 Å². The Bertz CT molecular complexity index is 1040. The number of fused-ring (bicyclic) bond motifs is 1. The molecule has 8 nitrogen and oxygen atoms in total. The van der Waals surface area contributed by atoms with Crippen LogP contribution in [0.2, 0.25) is 0 Å². The van der Waals surface area contributed by atoms with Crippen LogP contribution < -0.4 is 5.32 Å². The molecule has 3 aromatic heterocycles. The molecule has 0 aliphatic heterocycles. The van der Waals surface area contributed by atoms with Crippen molar-refractivity contribution in [3.05, 3.63) is 66.4 Å². The molecule has 8 heteroatoms. The molecule has 0 fully saturated rings. The number of nitrogens with zero attached hydrogens (tertiary/aromatic N) is 6. The molecule has 25 heavy (non-hydrogen) atoms. The molecule has 1 amide bonds. The number of pyridine rings is 1. The number of anilines is 1. The van der Waals surface area contributed by atoms with Gasteiger partial charge in [0.25, 0.3) is 0 Å². The van der Waals surface area contributed by atoms with Gasteiger partial charge < -0.3 is 9.72 Å². The lowest BCUT2D eigenvalue weighted by atomic mass is 10.2. The first-order valence-corrected chi connectivity index (χ1v) is 7.75. The van der Waals surface area contributed by atoms with Gasteiger partial charge in [-0.05, 0) is 47.2 Å². The molecule has 1 aromatic carbocycles. The number of hydrogen-bond acceptors (Lipinski definition) is 5. The number of nitrogens with one attached hydrogen (secondary N) is 1. The molecule has 0 radical (unpaired) electrons. The lowest BCUT2D eigenvalue weighted by Crippen LogP contribution is -2.14. The number of imidazole rings is 1. The van der Waals surface area contributed by atoms with Gasteiger partial charge in [0.05, 0.1) is 17.8 Å². The fraction of sp³-hybridized carbons (Fsp3) is 0.118. The highest BCUT2D eigenvalue weighted by molar-refractivity contribution is 5.92. The van der Waals surface area contributed by atoms with E-state index < -0.39 is 0 Å². The molecule has 0 atom stereocenters. The summed E-state index contributed by atoms with van der Waals surface area (Å²) in [6.45, 7) is 2.00. The maximum absolute atomic E-state index is 12.3. The average Bonchev–Trinajstić information content (AvgIpc) is 3.25. The smallest absolute Gasteiger partial charge is 0.230 e. The maximum atomic E-state index is 12.3. The van der Waals surface area contributed by atoms with E-state index in [9.17, 15) is 4.79 Å². The zero-order chi connectivity index (χ0) is 17.2. The van der Waals surface area contributed by atoms with E-state index >= 15 is 0 Å². The number of rotatable bonds is 4. The highest BCUT2D eigenvalue weighted by Crippen LogP contribution is 2.15. The van der Waals surface area contributed by atoms with Crippen LogP contribution >= 0.6 is 0 Å². The van der Waals surface area contributed by atoms with E-state index in [1.165, 1.54) is 11.0 Å². The fourth-order valence-electron chi connectivity index (χ4n) is 2.67. The van der Waals surface area contributed by atoms with Crippen molar-refractivity contribution in [1.82, 2.24) is 29.6 Å². The fourth-order valence-corrected chi connectivity index (χ4v) is 2.67. The summed E-state index contributed by atoms with van der Waals surface area (Å²) in [4.78, 5) is 16.9. The summed E-state index contributed by atoms with van der Waals surface area (Å²) < 4.78 is 3.46. The number of carbonyl (C=O) groups excluding carboxylic acids is 1. The van der Waals surface area contributed by atoms with Crippen LogP contribution in [0.15, 0.2) is 55.1 Å². The van der Waals surface area contributed by atoms with Gasteiger partial charge in [-0.15, -0.1) is 5.10 Å². The van der Waals surface area contributed by atoms with Crippen molar-refractivity contribution in [2.24, 2.45) is 0 Å². The van der Waals surface area contributed by atoms with Crippen molar-refractivity contribution in [3.63, 3.8) is 0 Å². The van der Waals surface area contributed by atoms with Crippen molar-refractivity contribution < 1.29 is 4.79 Å². The SMILES string of the molecule is Cc1cccn2cc(CC(=O)Nc3cccc(-n4cnnn4)c3)nc12. The quantitative estimate of drug-likeness (QED) is 0.615. The molecule has 0 saturated heterocycles. The second-order valence-electron chi connectivity index (χ2n) is 5.68. The van der Waals surface area contributed by atoms with E-state index in [1.807, 2.05) is 60.1 Å². The number of hydrogen-bond donors (Lipinski definition) is 1. The highest BCUT2D eigenvalue weighted by Gasteiger charge is 2.10. The third kappa shape index (κ3) is 3.09. The standard InChI is InChI=1S/C17H15N7O/c1-12-4-3-7-23-10-14(20-17(12)23)9-16(25)19-13-5-2-6-15(8-13)24-11-18-21-22-24/h2-8,10-11H,9H2,1H3,(H,19,25). The van der Waals surface area contributed by atoms with E-state index in [4.69, 9.17) is 0 Å². The lowest BCUT2D eigenvalue weighted by molar-refractivity contribution is -0.115. The van der Waals surface area contributed by atoms with Crippen LogP contribution in [0.1, 0.15) is 11.3 Å². The highest BCUT2D eigenvalue weighted by atomic mass is 16.1. The normalized spacial score (nSPS) is 10.9. The molecule has 1 N–H and O–H groups in total. The maximum Gasteiger partial charge on any atom is 0.230 e. The van der Waals surface area contributed by atoms with Gasteiger partial charge in [-0.2, -0.15) is 0 Å². The van der Waals surface area contributed by atoms with Crippen molar-refractivity contribution in [1.29, 1.82) is 0 Å². The largest absolute Gasteiger partial charge is 0.326 e. The predicted molar refractivity (Wildman–Crippen MR) is 91.4 cm³/mol. The summed E-state index contributed by atoms with van der Waals surface area (Å²) in [5.74, 6) is -0.130. The van der Waals surface area contributed by atoms with Gasteiger partial charge in [0, 0.05) is 18.1 Å². The lowest BCUT2D eigenvalue weighted by Gasteiger charge is -2.06. The first-order valence-electron chi connectivity index (χ1n) is 7.75. The van der Waals surface area contributed by atoms with Gasteiger partial charge in [-0.25, -0.2) is 9.67 Å². The Morgan fingerprint density at radius 2 is 2.16 bits per heavy atom. The van der Waals surface area contributed by atoms with E-state index in [0.717, 1.165) is 22.6 Å². The van der Waals surface area contributed by atoms with Gasteiger partial charge >= 0.3 is 0 Å². The number of aryl methyl sites for hydroxylation is 1. The minimum Gasteiger partial charge on any atom is -0.326 e. The van der Waals surface area contributed by atoms with Crippen LogP contribution in [0.3, 0.4) is 0 Å². The number of aromatic nitrogens is 6. The Balaban J connectivity index is 1.50. The van der Waals surface area contributed by atoms with E-state index in [0.29, 0.717) is 5.69 Å². The molecule has 0 bridgehead atoms. The van der Waals surface area contributed by atoms with Crippen LogP contribution in [0, 0.1) is 6.92 Å². The molecule has 0 aliphatic rings. The minimum atomic E-state index is -0.130. The molecular formula is C17H15N7O. The first-order chi connectivity index (χ1) is 12.2. The monoisotopic (exact) mass is 333 g/mol. The molecule has 4 rings (SSSR count). The zero-order valence-corrected chi connectivity index (χ0v) is 13.5. The third-order valence-electron chi connectivity index (χ3n) is 3.81. The summed E-state index contributed by atoms with van der Waals surface area (Å²) in [5.41, 5.74) is 4.11. The zero-order valence-electron chi connectivity index (χ0n) is 13.5. The van der Waals surface area contributed by atoms with Crippen molar-refractivity contribution in [2.45, 2.75) is 13.3 Å². The number of tetrazole rings is 1. The number of carbonyl (C=O) groups is 1. The van der Waals surface area contributed by atoms with Gasteiger partial charge in [-0.3, -0.25) is 4.79 Å². The van der Waals surface area contributed by atoms with E-state index in [-0.39, 0.29) is 12.3 Å². The molecule has 124 valence electrons. The van der Waals surface area contributed by atoms with E-state index in [1.54, 1.807) is 0 Å². The first kappa shape index (κ1) is 15.0. The molecule has 4 aromatic rings. The third-order valence-corrected chi connectivity index (χ3v) is 3.81. The summed E-state index contributed by atoms with van der Waals surface area (Å²) >= 11 is 0. The number of amides is 1. The second kappa shape index (κ2) is 6.16. The van der Waals surface area contributed by atoms with Crippen molar-refractivity contribution in [3.8, 4) is 5.69 Å². The van der Waals surface area contributed by atoms with Gasteiger partial charge in [-0.1, -0.05) is 12.1 Å². The molecule has 0 saturated carbocycles. The molecular weight excluding hydrogens is 318 g/mol. The Kier molecular flexibility index (Phi) is 3.70. The Labute approximate surface area is 143 Å². The van der Waals surface area contributed by atoms with Crippen molar-refractivity contribution >= 4 is 17.2 Å². The number of benzene rings is 1. The van der Waals surface area contributed by atoms with Crippen LogP contribution in [-0.4, -0.2) is 35.5 Å². The van der Waals surface area contributed by atoms with Crippen LogP contribution in [0.25, 0.3) is 11.3 Å². The Hall–Kier alpha value is -3.55. The van der Waals surface area contributed by atoms with Crippen molar-refractivity contribution in [2.75, 3.05) is 5.32 Å². The average molecular weight is 333 g/mol. The summed E-state index contributed by atoms with van der Waals surface area (Å²) in [7, 11) is 0. The Morgan fingerprint density at radius 1 is 1.24 bits per heavy atom. The van der Waals surface area contributed by atoms with Gasteiger partial charge in [0.1, 0.15) is 12.0 Å². The summed E-state index contributed by atoms with van der Waals surface area (Å²) in [6, 6.07) is 11.3. The minimum absolute atomic E-state index is 0.130. The second-order valence-corrected chi connectivity index (χ2v) is 5.68. The topological polar surface area (TPSA) is 90.0 Å². The molecule has 0 spiro atoms. The van der Waals surface area contributed by atoms with Crippen LogP contribution in [-0.2, 0) is 11.2 Å². The summed E-state index contributed by atoms with van der Waals surface area (Å²) in [6.07, 6.45) is 5.50. The van der Waals surface area contributed by atoms with E-state index in [2.05, 4.69) is 25.8 Å². The Morgan fingerprint density at radius 3 is 2.96 bits per heavy atom. The van der Waals surface area contributed by atoms with Gasteiger partial charge in [0.2, 0.25) is 5.91 Å². The predicted octanol–water partition coefficient (Wildman–Crippen LogP) is 1.80.